The van der Waals surface area contributed by atoms with Crippen LogP contribution in [0.1, 0.15) is 63.6 Å². The summed E-state index contributed by atoms with van der Waals surface area (Å²) in [4.78, 5) is 9.09. The third-order valence-corrected chi connectivity index (χ3v) is 6.40. The van der Waals surface area contributed by atoms with Crippen molar-refractivity contribution in [2.45, 2.75) is 65.5 Å². The molecule has 0 amide bonds. The van der Waals surface area contributed by atoms with Gasteiger partial charge in [0.1, 0.15) is 0 Å². The van der Waals surface area contributed by atoms with E-state index >= 15 is 0 Å². The Morgan fingerprint density at radius 2 is 2.05 bits per heavy atom. The van der Waals surface area contributed by atoms with Crippen molar-refractivity contribution in [3.8, 4) is 0 Å². The third kappa shape index (κ3) is 2.98. The summed E-state index contributed by atoms with van der Waals surface area (Å²) in [6, 6.07) is 1.11. The van der Waals surface area contributed by atoms with E-state index < -0.39 is 0 Å². The molecule has 1 aliphatic carbocycles. The van der Waals surface area contributed by atoms with Gasteiger partial charge in [-0.3, -0.25) is 0 Å². The molecule has 0 bridgehead atoms. The van der Waals surface area contributed by atoms with Crippen LogP contribution in [0, 0.1) is 11.3 Å². The van der Waals surface area contributed by atoms with Gasteiger partial charge in [-0.25, -0.2) is 4.98 Å². The number of anilines is 1. The van der Waals surface area contributed by atoms with E-state index in [-0.39, 0.29) is 0 Å². The highest BCUT2D eigenvalue weighted by Gasteiger charge is 2.36. The molecule has 0 spiro atoms. The van der Waals surface area contributed by atoms with Crippen molar-refractivity contribution < 1.29 is 0 Å². The van der Waals surface area contributed by atoms with Crippen LogP contribution in [-0.4, -0.2) is 24.6 Å². The lowest BCUT2D eigenvalue weighted by atomic mass is 9.76. The van der Waals surface area contributed by atoms with Crippen molar-refractivity contribution in [2.75, 3.05) is 18.5 Å². The Hall–Kier alpha value is -0.610. The minimum Gasteiger partial charge on any atom is -0.345 e. The zero-order chi connectivity index (χ0) is 15.2. The summed E-state index contributed by atoms with van der Waals surface area (Å²) in [7, 11) is 2.08. The van der Waals surface area contributed by atoms with Gasteiger partial charge in [0.15, 0.2) is 5.13 Å². The van der Waals surface area contributed by atoms with Crippen LogP contribution < -0.4 is 10.2 Å². The summed E-state index contributed by atoms with van der Waals surface area (Å²) < 4.78 is 0. The molecule has 4 heteroatoms. The number of nitrogens with zero attached hydrogens (tertiary/aromatic N) is 2. The van der Waals surface area contributed by atoms with Crippen LogP contribution in [-0.2, 0) is 6.42 Å². The van der Waals surface area contributed by atoms with Crippen molar-refractivity contribution in [1.29, 1.82) is 0 Å². The summed E-state index contributed by atoms with van der Waals surface area (Å²) >= 11 is 1.93. The number of rotatable bonds is 2. The standard InChI is InChI=1S/C17H29N3S/c1-11-6-7-12(2)20(10-11)16-19-14-9-17(3,4)8-13(18-5)15(14)21-16/h11-13,18H,6-10H2,1-5H3. The van der Waals surface area contributed by atoms with Gasteiger partial charge in [-0.1, -0.05) is 32.1 Å². The first-order valence-corrected chi connectivity index (χ1v) is 9.15. The molecule has 1 N–H and O–H groups in total. The van der Waals surface area contributed by atoms with Crippen LogP contribution in [0.25, 0.3) is 0 Å². The summed E-state index contributed by atoms with van der Waals surface area (Å²) in [5, 5.41) is 4.76. The van der Waals surface area contributed by atoms with Gasteiger partial charge in [-0.05, 0) is 51.0 Å². The van der Waals surface area contributed by atoms with Gasteiger partial charge < -0.3 is 10.2 Å². The van der Waals surface area contributed by atoms with Gasteiger partial charge in [0.05, 0.1) is 5.69 Å². The Morgan fingerprint density at radius 1 is 1.29 bits per heavy atom. The highest BCUT2D eigenvalue weighted by Crippen LogP contribution is 2.45. The van der Waals surface area contributed by atoms with Crippen LogP contribution in [0.4, 0.5) is 5.13 Å². The summed E-state index contributed by atoms with van der Waals surface area (Å²) in [6.07, 6.45) is 4.99. The second-order valence-electron chi connectivity index (χ2n) is 7.88. The minimum atomic E-state index is 0.354. The fraction of sp³-hybridized carbons (Fsp3) is 0.824. The zero-order valence-electron chi connectivity index (χ0n) is 14.1. The number of thiazole rings is 1. The fourth-order valence-electron chi connectivity index (χ4n) is 3.83. The summed E-state index contributed by atoms with van der Waals surface area (Å²) in [5.41, 5.74) is 1.70. The minimum absolute atomic E-state index is 0.354. The predicted octanol–water partition coefficient (Wildman–Crippen LogP) is 4.00. The highest BCUT2D eigenvalue weighted by atomic mass is 32.1. The number of piperidine rings is 1. The Labute approximate surface area is 133 Å². The Balaban J connectivity index is 1.91. The van der Waals surface area contributed by atoms with E-state index in [1.54, 1.807) is 0 Å². The van der Waals surface area contributed by atoms with Crippen LogP contribution >= 0.6 is 11.3 Å². The van der Waals surface area contributed by atoms with E-state index in [1.165, 1.54) is 41.5 Å². The molecule has 0 saturated carbocycles. The fourth-order valence-corrected chi connectivity index (χ4v) is 5.13. The zero-order valence-corrected chi connectivity index (χ0v) is 14.9. The quantitative estimate of drug-likeness (QED) is 0.895. The largest absolute Gasteiger partial charge is 0.345 e. The van der Waals surface area contributed by atoms with Gasteiger partial charge in [0, 0.05) is 23.5 Å². The number of aromatic nitrogens is 1. The van der Waals surface area contributed by atoms with Crippen LogP contribution in [0.2, 0.25) is 0 Å². The van der Waals surface area contributed by atoms with E-state index in [9.17, 15) is 0 Å². The van der Waals surface area contributed by atoms with Crippen molar-refractivity contribution in [2.24, 2.45) is 11.3 Å². The predicted molar refractivity (Wildman–Crippen MR) is 91.2 cm³/mol. The van der Waals surface area contributed by atoms with Crippen LogP contribution in [0.3, 0.4) is 0 Å². The second kappa shape index (κ2) is 5.54. The topological polar surface area (TPSA) is 28.2 Å². The molecule has 3 nitrogen and oxygen atoms in total. The summed E-state index contributed by atoms with van der Waals surface area (Å²) in [6.45, 7) is 10.6. The molecule has 118 valence electrons. The van der Waals surface area contributed by atoms with Crippen molar-refractivity contribution in [1.82, 2.24) is 10.3 Å². The molecule has 1 aromatic heterocycles. The molecule has 1 saturated heterocycles. The molecule has 0 radical (unpaired) electrons. The maximum atomic E-state index is 5.06. The van der Waals surface area contributed by atoms with E-state index in [2.05, 4.69) is 45.0 Å². The average molecular weight is 308 g/mol. The first-order valence-electron chi connectivity index (χ1n) is 8.33. The van der Waals surface area contributed by atoms with E-state index in [0.29, 0.717) is 17.5 Å². The molecule has 1 aromatic rings. The molecule has 1 fully saturated rings. The van der Waals surface area contributed by atoms with E-state index in [0.717, 1.165) is 12.3 Å². The lowest BCUT2D eigenvalue weighted by molar-refractivity contribution is 0.265. The molecular weight excluding hydrogens is 278 g/mol. The Kier molecular flexibility index (Phi) is 4.04. The second-order valence-corrected chi connectivity index (χ2v) is 8.89. The van der Waals surface area contributed by atoms with Crippen LogP contribution in [0.15, 0.2) is 0 Å². The third-order valence-electron chi connectivity index (χ3n) is 5.15. The SMILES string of the molecule is CNC1CC(C)(C)Cc2nc(N3CC(C)CCC3C)sc21. The van der Waals surface area contributed by atoms with Gasteiger partial charge >= 0.3 is 0 Å². The van der Waals surface area contributed by atoms with Gasteiger partial charge in [-0.15, -0.1) is 0 Å². The normalized spacial score (nSPS) is 32.0. The first kappa shape index (κ1) is 15.3. The van der Waals surface area contributed by atoms with E-state index in [1.807, 2.05) is 11.3 Å². The smallest absolute Gasteiger partial charge is 0.186 e. The molecule has 2 aliphatic rings. The molecule has 3 atom stereocenters. The molecular formula is C17H29N3S. The monoisotopic (exact) mass is 307 g/mol. The lowest BCUT2D eigenvalue weighted by Crippen LogP contribution is -2.41. The highest BCUT2D eigenvalue weighted by molar-refractivity contribution is 7.15. The first-order chi connectivity index (χ1) is 9.89. The maximum Gasteiger partial charge on any atom is 0.186 e. The summed E-state index contributed by atoms with van der Waals surface area (Å²) in [5.74, 6) is 0.790. The molecule has 3 unspecified atom stereocenters. The van der Waals surface area contributed by atoms with E-state index in [4.69, 9.17) is 4.98 Å². The average Bonchev–Trinajstić information content (AvgIpc) is 2.82. The molecule has 1 aliphatic heterocycles. The number of fused-ring (bicyclic) bond motifs is 1. The van der Waals surface area contributed by atoms with Crippen molar-refractivity contribution in [3.63, 3.8) is 0 Å². The van der Waals surface area contributed by atoms with Crippen LogP contribution in [0.5, 0.6) is 0 Å². The number of nitrogens with one attached hydrogen (secondary N) is 1. The number of hydrogen-bond acceptors (Lipinski definition) is 4. The van der Waals surface area contributed by atoms with Crippen molar-refractivity contribution >= 4 is 16.5 Å². The van der Waals surface area contributed by atoms with Gasteiger partial charge in [-0.2, -0.15) is 0 Å². The Bertz CT molecular complexity index is 508. The van der Waals surface area contributed by atoms with Crippen molar-refractivity contribution in [3.05, 3.63) is 10.6 Å². The lowest BCUT2D eigenvalue weighted by Gasteiger charge is -2.36. The Morgan fingerprint density at radius 3 is 2.76 bits per heavy atom. The van der Waals surface area contributed by atoms with Gasteiger partial charge in [0.2, 0.25) is 0 Å². The number of hydrogen-bond donors (Lipinski definition) is 1. The molecule has 3 rings (SSSR count). The molecule has 21 heavy (non-hydrogen) atoms. The molecule has 2 heterocycles. The maximum absolute atomic E-state index is 5.06. The molecule has 0 aromatic carbocycles. The van der Waals surface area contributed by atoms with Gasteiger partial charge in [0.25, 0.3) is 0 Å².